The van der Waals surface area contributed by atoms with Crippen LogP contribution < -0.4 is 0 Å². The maximum Gasteiger partial charge on any atom is 0.326 e. The smallest absolute Gasteiger partial charge is 0.326 e. The first kappa shape index (κ1) is 17.4. The highest BCUT2D eigenvalue weighted by molar-refractivity contribution is 5.82. The Balaban J connectivity index is 1.90. The molecule has 1 atom stereocenters. The summed E-state index contributed by atoms with van der Waals surface area (Å²) >= 11 is 0. The molecule has 0 bridgehead atoms. The second kappa shape index (κ2) is 7.65. The third kappa shape index (κ3) is 3.66. The van der Waals surface area contributed by atoms with Crippen LogP contribution in [0.1, 0.15) is 25.1 Å². The molecule has 1 saturated heterocycles. The molecule has 134 valence electrons. The molecule has 2 heterocycles. The van der Waals surface area contributed by atoms with Crippen molar-refractivity contribution in [2.45, 2.75) is 25.8 Å². The fourth-order valence-electron chi connectivity index (χ4n) is 3.27. The van der Waals surface area contributed by atoms with Gasteiger partial charge >= 0.3 is 5.97 Å². The van der Waals surface area contributed by atoms with Gasteiger partial charge in [0.05, 0.1) is 24.2 Å². The third-order valence-corrected chi connectivity index (χ3v) is 4.42. The predicted molar refractivity (Wildman–Crippen MR) is 92.2 cm³/mol. The van der Waals surface area contributed by atoms with Crippen molar-refractivity contribution in [1.82, 2.24) is 14.5 Å². The van der Waals surface area contributed by atoms with Gasteiger partial charge in [0.2, 0.25) is 5.91 Å². The Bertz CT molecular complexity index is 771. The van der Waals surface area contributed by atoms with E-state index in [0.717, 1.165) is 16.9 Å². The number of hydrogen-bond acceptors (Lipinski definition) is 5. The largest absolute Gasteiger partial charge is 0.465 e. The molecule has 2 aromatic rings. The maximum absolute atomic E-state index is 12.3. The van der Waals surface area contributed by atoms with Gasteiger partial charge in [-0.25, -0.2) is 4.98 Å². The fraction of sp³-hybridized carbons (Fsp3) is 0.500. The topological polar surface area (TPSA) is 73.7 Å². The van der Waals surface area contributed by atoms with Crippen LogP contribution >= 0.6 is 0 Å². The van der Waals surface area contributed by atoms with Crippen LogP contribution in [0.3, 0.4) is 0 Å². The number of fused-ring (bicyclic) bond motifs is 1. The number of likely N-dealkylation sites (tertiary alicyclic amines) is 1. The van der Waals surface area contributed by atoms with E-state index in [1.165, 1.54) is 0 Å². The van der Waals surface area contributed by atoms with E-state index >= 15 is 0 Å². The normalized spacial score (nSPS) is 17.4. The summed E-state index contributed by atoms with van der Waals surface area (Å²) in [4.78, 5) is 30.8. The van der Waals surface area contributed by atoms with Gasteiger partial charge in [0.25, 0.3) is 0 Å². The van der Waals surface area contributed by atoms with Crippen molar-refractivity contribution in [3.05, 3.63) is 30.1 Å². The Hall–Kier alpha value is -2.41. The predicted octanol–water partition coefficient (Wildman–Crippen LogP) is 1.56. The zero-order valence-electron chi connectivity index (χ0n) is 14.6. The molecular formula is C18H23N3O4. The Morgan fingerprint density at radius 2 is 2.16 bits per heavy atom. The van der Waals surface area contributed by atoms with E-state index in [1.54, 1.807) is 18.9 Å². The summed E-state index contributed by atoms with van der Waals surface area (Å²) in [7, 11) is 1.62. The first-order chi connectivity index (χ1) is 12.1. The van der Waals surface area contributed by atoms with E-state index in [1.807, 2.05) is 28.8 Å². The summed E-state index contributed by atoms with van der Waals surface area (Å²) in [5.74, 6) is 0.526. The quantitative estimate of drug-likeness (QED) is 0.712. The summed E-state index contributed by atoms with van der Waals surface area (Å²) in [6, 6.07) is 7.68. The van der Waals surface area contributed by atoms with Crippen molar-refractivity contribution in [1.29, 1.82) is 0 Å². The van der Waals surface area contributed by atoms with Gasteiger partial charge in [0.1, 0.15) is 12.4 Å². The minimum absolute atomic E-state index is 0.0359. The highest BCUT2D eigenvalue weighted by Crippen LogP contribution is 2.30. The second-order valence-electron chi connectivity index (χ2n) is 6.08. The van der Waals surface area contributed by atoms with Crippen molar-refractivity contribution in [3.63, 3.8) is 0 Å². The number of para-hydroxylation sites is 2. The van der Waals surface area contributed by atoms with E-state index in [0.29, 0.717) is 32.7 Å². The van der Waals surface area contributed by atoms with Gasteiger partial charge < -0.3 is 18.9 Å². The molecule has 0 spiro atoms. The van der Waals surface area contributed by atoms with Gasteiger partial charge in [0, 0.05) is 32.5 Å². The number of ether oxygens (including phenoxy) is 2. The Morgan fingerprint density at radius 3 is 2.92 bits per heavy atom. The maximum atomic E-state index is 12.3. The van der Waals surface area contributed by atoms with Gasteiger partial charge in [-0.2, -0.15) is 0 Å². The van der Waals surface area contributed by atoms with Crippen molar-refractivity contribution in [2.75, 3.05) is 33.4 Å². The lowest BCUT2D eigenvalue weighted by molar-refractivity contribution is -0.143. The molecule has 0 saturated carbocycles. The number of esters is 1. The molecule has 1 fully saturated rings. The number of methoxy groups -OCH3 is 1. The first-order valence-corrected chi connectivity index (χ1v) is 8.51. The number of benzene rings is 1. The molecule has 7 nitrogen and oxygen atoms in total. The molecule has 0 aliphatic carbocycles. The van der Waals surface area contributed by atoms with E-state index in [2.05, 4.69) is 0 Å². The number of hydrogen-bond donors (Lipinski definition) is 0. The summed E-state index contributed by atoms with van der Waals surface area (Å²) in [5.41, 5.74) is 1.71. The number of amides is 1. The molecular weight excluding hydrogens is 322 g/mol. The third-order valence-electron chi connectivity index (χ3n) is 4.42. The van der Waals surface area contributed by atoms with Crippen LogP contribution in [0.2, 0.25) is 0 Å². The highest BCUT2D eigenvalue weighted by Gasteiger charge is 2.34. The lowest BCUT2D eigenvalue weighted by atomic mass is 10.1. The molecule has 25 heavy (non-hydrogen) atoms. The van der Waals surface area contributed by atoms with Gasteiger partial charge in [-0.1, -0.05) is 12.1 Å². The minimum Gasteiger partial charge on any atom is -0.465 e. The van der Waals surface area contributed by atoms with Gasteiger partial charge in [-0.05, 0) is 19.1 Å². The summed E-state index contributed by atoms with van der Waals surface area (Å²) in [6.07, 6.45) is 0.399. The molecule has 3 rings (SSSR count). The molecule has 0 radical (unpaired) electrons. The standard InChI is InChI=1S/C18H23N3O4/c1-3-25-17(23)12-21-15-7-5-4-6-14(15)19-18(21)13-10-16(22)20(11-13)8-9-24-2/h4-7,13H,3,8-12H2,1-2H3/t13-/m1/s1. The van der Waals surface area contributed by atoms with Crippen LogP contribution in [-0.2, 0) is 25.6 Å². The number of imidazole rings is 1. The molecule has 0 N–H and O–H groups in total. The Kier molecular flexibility index (Phi) is 5.33. The molecule has 1 aromatic heterocycles. The molecule has 0 unspecified atom stereocenters. The lowest BCUT2D eigenvalue weighted by Crippen LogP contribution is -2.28. The van der Waals surface area contributed by atoms with Crippen molar-refractivity contribution in [2.24, 2.45) is 0 Å². The lowest BCUT2D eigenvalue weighted by Gasteiger charge is -2.16. The monoisotopic (exact) mass is 345 g/mol. The van der Waals surface area contributed by atoms with E-state index < -0.39 is 0 Å². The first-order valence-electron chi connectivity index (χ1n) is 8.51. The average molecular weight is 345 g/mol. The molecule has 1 aliphatic rings. The van der Waals surface area contributed by atoms with Crippen molar-refractivity contribution < 1.29 is 19.1 Å². The second-order valence-corrected chi connectivity index (χ2v) is 6.08. The van der Waals surface area contributed by atoms with E-state index in [-0.39, 0.29) is 24.3 Å². The van der Waals surface area contributed by atoms with Crippen LogP contribution in [0.5, 0.6) is 0 Å². The summed E-state index contributed by atoms with van der Waals surface area (Å²) in [5, 5.41) is 0. The fourth-order valence-corrected chi connectivity index (χ4v) is 3.27. The number of carbonyl (C=O) groups is 2. The summed E-state index contributed by atoms with van der Waals surface area (Å²) < 4.78 is 12.0. The minimum atomic E-state index is -0.299. The number of carbonyl (C=O) groups excluding carboxylic acids is 2. The van der Waals surface area contributed by atoms with Crippen LogP contribution in [0.4, 0.5) is 0 Å². The van der Waals surface area contributed by atoms with Crippen LogP contribution in [-0.4, -0.2) is 59.7 Å². The molecule has 1 amide bonds. The van der Waals surface area contributed by atoms with E-state index in [4.69, 9.17) is 14.5 Å². The average Bonchev–Trinajstić information content (AvgIpc) is 3.14. The number of aromatic nitrogens is 2. The van der Waals surface area contributed by atoms with Crippen LogP contribution in [0.15, 0.2) is 24.3 Å². The van der Waals surface area contributed by atoms with Gasteiger partial charge in [-0.15, -0.1) is 0 Å². The molecule has 1 aliphatic heterocycles. The Morgan fingerprint density at radius 1 is 1.36 bits per heavy atom. The highest BCUT2D eigenvalue weighted by atomic mass is 16.5. The van der Waals surface area contributed by atoms with Crippen molar-refractivity contribution in [3.8, 4) is 0 Å². The van der Waals surface area contributed by atoms with Gasteiger partial charge in [-0.3, -0.25) is 9.59 Å². The summed E-state index contributed by atoms with van der Waals surface area (Å²) in [6.45, 7) is 3.91. The van der Waals surface area contributed by atoms with E-state index in [9.17, 15) is 9.59 Å². The van der Waals surface area contributed by atoms with Crippen LogP contribution in [0.25, 0.3) is 11.0 Å². The van der Waals surface area contributed by atoms with Crippen LogP contribution in [0, 0.1) is 0 Å². The SMILES string of the molecule is CCOC(=O)Cn1c([C@@H]2CC(=O)N(CCOC)C2)nc2ccccc21. The zero-order chi connectivity index (χ0) is 17.8. The van der Waals surface area contributed by atoms with Gasteiger partial charge in [0.15, 0.2) is 0 Å². The Labute approximate surface area is 146 Å². The molecule has 1 aromatic carbocycles. The molecule has 7 heteroatoms. The number of nitrogens with zero attached hydrogens (tertiary/aromatic N) is 3. The van der Waals surface area contributed by atoms with Crippen molar-refractivity contribution >= 4 is 22.9 Å². The number of rotatable bonds is 7. The zero-order valence-corrected chi connectivity index (χ0v) is 14.6.